The fourth-order valence-corrected chi connectivity index (χ4v) is 8.89. The lowest BCUT2D eigenvalue weighted by molar-refractivity contribution is 0.669. The van der Waals surface area contributed by atoms with Gasteiger partial charge in [0.1, 0.15) is 22.3 Å². The van der Waals surface area contributed by atoms with Crippen LogP contribution in [-0.4, -0.2) is 0 Å². The highest BCUT2D eigenvalue weighted by Crippen LogP contribution is 2.45. The summed E-state index contributed by atoms with van der Waals surface area (Å²) in [6.07, 6.45) is 0. The molecule has 0 amide bonds. The summed E-state index contributed by atoms with van der Waals surface area (Å²) < 4.78 is 12.7. The Morgan fingerprint density at radius 1 is 0.241 bits per heavy atom. The van der Waals surface area contributed by atoms with E-state index in [0.717, 1.165) is 49.3 Å². The average Bonchev–Trinajstić information content (AvgIpc) is 3.79. The van der Waals surface area contributed by atoms with E-state index >= 15 is 0 Å². The predicted molar refractivity (Wildman–Crippen MR) is 227 cm³/mol. The highest BCUT2D eigenvalue weighted by Gasteiger charge is 2.18. The van der Waals surface area contributed by atoms with E-state index in [1.54, 1.807) is 0 Å². The van der Waals surface area contributed by atoms with Gasteiger partial charge in [0.25, 0.3) is 0 Å². The summed E-state index contributed by atoms with van der Waals surface area (Å²) in [5, 5.41) is 14.3. The van der Waals surface area contributed by atoms with Crippen molar-refractivity contribution in [1.82, 2.24) is 0 Å². The van der Waals surface area contributed by atoms with Gasteiger partial charge in [0.2, 0.25) is 0 Å². The second kappa shape index (κ2) is 11.2. The normalized spacial score (nSPS) is 12.1. The van der Waals surface area contributed by atoms with Crippen molar-refractivity contribution in [2.45, 2.75) is 0 Å². The molecule has 0 unspecified atom stereocenters. The molecule has 12 aromatic rings. The molecule has 54 heavy (non-hydrogen) atoms. The van der Waals surface area contributed by atoms with Crippen LogP contribution in [0.25, 0.3) is 120 Å². The molecule has 2 aromatic heterocycles. The van der Waals surface area contributed by atoms with E-state index in [9.17, 15) is 0 Å². The first-order valence-corrected chi connectivity index (χ1v) is 18.5. The molecule has 2 nitrogen and oxygen atoms in total. The van der Waals surface area contributed by atoms with Crippen molar-refractivity contribution in [3.8, 4) is 33.4 Å². The lowest BCUT2D eigenvalue weighted by Gasteiger charge is -2.18. The zero-order valence-electron chi connectivity index (χ0n) is 29.1. The lowest BCUT2D eigenvalue weighted by atomic mass is 9.85. The maximum Gasteiger partial charge on any atom is 0.143 e. The number of hydrogen-bond donors (Lipinski definition) is 0. The minimum Gasteiger partial charge on any atom is -0.456 e. The largest absolute Gasteiger partial charge is 0.456 e. The monoisotopic (exact) mass is 686 g/mol. The topological polar surface area (TPSA) is 26.3 Å². The second-order valence-corrected chi connectivity index (χ2v) is 14.4. The molecule has 2 heterocycles. The van der Waals surface area contributed by atoms with E-state index in [0.29, 0.717) is 0 Å². The molecule has 250 valence electrons. The number of hydrogen-bond acceptors (Lipinski definition) is 2. The Labute approximate surface area is 310 Å². The predicted octanol–water partition coefficient (Wildman–Crippen LogP) is 15.1. The third-order valence-electron chi connectivity index (χ3n) is 11.4. The summed E-state index contributed by atoms with van der Waals surface area (Å²) >= 11 is 0. The Kier molecular flexibility index (Phi) is 6.09. The minimum absolute atomic E-state index is 0.910. The van der Waals surface area contributed by atoms with Gasteiger partial charge in [-0.3, -0.25) is 0 Å². The molecule has 10 aromatic carbocycles. The van der Waals surface area contributed by atoms with E-state index in [4.69, 9.17) is 8.83 Å². The van der Waals surface area contributed by atoms with E-state index in [2.05, 4.69) is 170 Å². The summed E-state index contributed by atoms with van der Waals surface area (Å²) in [5.41, 5.74) is 11.0. The Balaban J connectivity index is 0.982. The summed E-state index contributed by atoms with van der Waals surface area (Å²) in [6.45, 7) is 0. The zero-order valence-corrected chi connectivity index (χ0v) is 29.1. The SMILES string of the molecule is c1ccc2c(c1)ccc1c3cc4ccc(-c5ccc(-c6c7ccccc7c(-c7ccc8oc9ccccc9c8c7)c7ccccc67)cc5)cc4cc3oc21. The summed E-state index contributed by atoms with van der Waals surface area (Å²) in [7, 11) is 0. The van der Waals surface area contributed by atoms with E-state index < -0.39 is 0 Å². The molecular formula is C52H30O2. The van der Waals surface area contributed by atoms with Gasteiger partial charge < -0.3 is 8.83 Å². The molecule has 0 N–H and O–H groups in total. The Hall–Kier alpha value is -7.16. The summed E-state index contributed by atoms with van der Waals surface area (Å²) in [6, 6.07) is 65.7. The number of benzene rings is 10. The second-order valence-electron chi connectivity index (χ2n) is 14.4. The van der Waals surface area contributed by atoms with Gasteiger partial charge in [-0.15, -0.1) is 0 Å². The quantitative estimate of drug-likeness (QED) is 0.173. The summed E-state index contributed by atoms with van der Waals surface area (Å²) in [5.74, 6) is 0. The molecule has 0 spiro atoms. The van der Waals surface area contributed by atoms with Crippen LogP contribution in [0.1, 0.15) is 0 Å². The van der Waals surface area contributed by atoms with Crippen LogP contribution >= 0.6 is 0 Å². The van der Waals surface area contributed by atoms with Crippen molar-refractivity contribution < 1.29 is 8.83 Å². The van der Waals surface area contributed by atoms with Gasteiger partial charge in [-0.1, -0.05) is 140 Å². The first kappa shape index (κ1) is 29.4. The molecule has 0 radical (unpaired) electrons. The number of para-hydroxylation sites is 1. The van der Waals surface area contributed by atoms with Gasteiger partial charge in [0.15, 0.2) is 0 Å². The number of fused-ring (bicyclic) bond motifs is 11. The van der Waals surface area contributed by atoms with Crippen LogP contribution in [0.4, 0.5) is 0 Å². The van der Waals surface area contributed by atoms with Gasteiger partial charge in [0.05, 0.1) is 0 Å². The van der Waals surface area contributed by atoms with Gasteiger partial charge in [-0.2, -0.15) is 0 Å². The third-order valence-corrected chi connectivity index (χ3v) is 11.4. The van der Waals surface area contributed by atoms with Crippen molar-refractivity contribution in [3.63, 3.8) is 0 Å². The highest BCUT2D eigenvalue weighted by atomic mass is 16.3. The fraction of sp³-hybridized carbons (Fsp3) is 0. The molecule has 0 aliphatic rings. The fourth-order valence-electron chi connectivity index (χ4n) is 8.89. The maximum absolute atomic E-state index is 6.52. The van der Waals surface area contributed by atoms with Gasteiger partial charge in [-0.05, 0) is 114 Å². The van der Waals surface area contributed by atoms with E-state index in [1.165, 1.54) is 71.1 Å². The molecule has 0 saturated heterocycles. The van der Waals surface area contributed by atoms with Crippen LogP contribution in [0.3, 0.4) is 0 Å². The van der Waals surface area contributed by atoms with Crippen molar-refractivity contribution in [2.75, 3.05) is 0 Å². The molecule has 0 atom stereocenters. The first-order valence-electron chi connectivity index (χ1n) is 18.5. The Morgan fingerprint density at radius 3 is 1.56 bits per heavy atom. The maximum atomic E-state index is 6.52. The van der Waals surface area contributed by atoms with Crippen molar-refractivity contribution >= 4 is 87.0 Å². The molecular weight excluding hydrogens is 657 g/mol. The molecule has 12 rings (SSSR count). The van der Waals surface area contributed by atoms with Crippen LogP contribution in [0.2, 0.25) is 0 Å². The lowest BCUT2D eigenvalue weighted by Crippen LogP contribution is -1.91. The van der Waals surface area contributed by atoms with Crippen molar-refractivity contribution in [1.29, 1.82) is 0 Å². The number of rotatable bonds is 3. The smallest absolute Gasteiger partial charge is 0.143 e. The molecule has 0 saturated carbocycles. The van der Waals surface area contributed by atoms with Crippen LogP contribution in [0, 0.1) is 0 Å². The molecule has 2 heteroatoms. The Bertz CT molecular complexity index is 3430. The third kappa shape index (κ3) is 4.28. The zero-order chi connectivity index (χ0) is 35.3. The molecule has 0 bridgehead atoms. The van der Waals surface area contributed by atoms with Gasteiger partial charge in [-0.25, -0.2) is 0 Å². The van der Waals surface area contributed by atoms with Gasteiger partial charge >= 0.3 is 0 Å². The van der Waals surface area contributed by atoms with E-state index in [1.807, 2.05) is 12.1 Å². The highest BCUT2D eigenvalue weighted by molar-refractivity contribution is 6.22. The standard InChI is InChI=1S/C52H30O2/c1-2-10-38-32(9-1)23-25-44-46-28-35-22-21-34(27-37(35)30-49(46)54-52(38)44)31-17-19-33(20-18-31)50-40-12-3-5-14-42(40)51(43-15-6-4-13-41(43)50)36-24-26-48-45(29-36)39-11-7-8-16-47(39)53-48/h1-30H. The summed E-state index contributed by atoms with van der Waals surface area (Å²) in [4.78, 5) is 0. The average molecular weight is 687 g/mol. The molecule has 0 fully saturated rings. The van der Waals surface area contributed by atoms with Crippen LogP contribution < -0.4 is 0 Å². The first-order chi connectivity index (χ1) is 26.7. The van der Waals surface area contributed by atoms with Gasteiger partial charge in [0, 0.05) is 26.9 Å². The van der Waals surface area contributed by atoms with Crippen molar-refractivity contribution in [2.24, 2.45) is 0 Å². The number of furan rings is 2. The van der Waals surface area contributed by atoms with E-state index in [-0.39, 0.29) is 0 Å². The molecule has 0 aliphatic heterocycles. The molecule has 0 aliphatic carbocycles. The minimum atomic E-state index is 0.910. The van der Waals surface area contributed by atoms with Crippen LogP contribution in [0.15, 0.2) is 191 Å². The Morgan fingerprint density at radius 2 is 0.796 bits per heavy atom. The van der Waals surface area contributed by atoms with Crippen LogP contribution in [-0.2, 0) is 0 Å². The van der Waals surface area contributed by atoms with Crippen molar-refractivity contribution in [3.05, 3.63) is 182 Å². The van der Waals surface area contributed by atoms with Crippen LogP contribution in [0.5, 0.6) is 0 Å².